The molecule has 8 rings (SSSR count). The smallest absolute Gasteiger partial charge is 0.326 e. The van der Waals surface area contributed by atoms with Gasteiger partial charge in [-0.3, -0.25) is 14.5 Å². The van der Waals surface area contributed by atoms with Crippen molar-refractivity contribution in [2.45, 2.75) is 61.7 Å². The maximum absolute atomic E-state index is 13.2. The van der Waals surface area contributed by atoms with Gasteiger partial charge in [-0.2, -0.15) is 0 Å². The van der Waals surface area contributed by atoms with E-state index in [1.54, 1.807) is 5.57 Å². The minimum atomic E-state index is -0.944. The van der Waals surface area contributed by atoms with E-state index in [1.165, 1.54) is 30.6 Å². The molecule has 6 heterocycles. The lowest BCUT2D eigenvalue weighted by molar-refractivity contribution is -0.140. The Morgan fingerprint density at radius 2 is 2.09 bits per heavy atom. The number of carbonyl (C=O) groups is 3. The quantitative estimate of drug-likeness (QED) is 0.612. The van der Waals surface area contributed by atoms with Crippen molar-refractivity contribution >= 4 is 23.5 Å². The van der Waals surface area contributed by atoms with Gasteiger partial charge in [0, 0.05) is 36.0 Å². The van der Waals surface area contributed by atoms with Gasteiger partial charge in [-0.25, -0.2) is 4.79 Å². The van der Waals surface area contributed by atoms with E-state index in [2.05, 4.69) is 45.5 Å². The van der Waals surface area contributed by atoms with Crippen molar-refractivity contribution in [3.05, 3.63) is 41.5 Å². The number of piperidine rings is 2. The van der Waals surface area contributed by atoms with Gasteiger partial charge < -0.3 is 20.1 Å². The second kappa shape index (κ2) is 7.15. The van der Waals surface area contributed by atoms with Gasteiger partial charge in [0.05, 0.1) is 25.2 Å². The SMILES string of the molecule is O=C1CC2OCC=C3CN4CCC56c7ccccc7N1C5C2C3CC46.O=C1CC[C@@H](C(=O)O)N1. The monoisotopic (exact) mass is 463 g/mol. The molecule has 7 atom stereocenters. The van der Waals surface area contributed by atoms with Gasteiger partial charge >= 0.3 is 5.97 Å². The molecule has 1 spiro atoms. The Balaban J connectivity index is 0.000000190. The normalized spacial score (nSPS) is 40.6. The molecule has 2 N–H and O–H groups in total. The molecule has 7 aliphatic rings. The molecule has 6 unspecified atom stereocenters. The predicted molar refractivity (Wildman–Crippen MR) is 122 cm³/mol. The number of anilines is 1. The fourth-order valence-corrected chi connectivity index (χ4v) is 8.31. The summed E-state index contributed by atoms with van der Waals surface area (Å²) in [4.78, 5) is 38.6. The molecule has 1 aromatic carbocycles. The number of para-hydroxylation sites is 1. The number of ether oxygens (including phenoxy) is 1. The van der Waals surface area contributed by atoms with Crippen molar-refractivity contribution in [1.29, 1.82) is 0 Å². The molecule has 0 aromatic heterocycles. The number of carboxylic acid groups (broad SMARTS) is 1. The van der Waals surface area contributed by atoms with Gasteiger partial charge in [0.2, 0.25) is 11.8 Å². The average molecular weight is 464 g/mol. The predicted octanol–water partition coefficient (Wildman–Crippen LogP) is 1.44. The third-order valence-corrected chi connectivity index (χ3v) is 9.51. The van der Waals surface area contributed by atoms with Gasteiger partial charge in [-0.15, -0.1) is 0 Å². The highest BCUT2D eigenvalue weighted by atomic mass is 16.5. The first-order chi connectivity index (χ1) is 16.5. The van der Waals surface area contributed by atoms with Crippen LogP contribution < -0.4 is 10.2 Å². The van der Waals surface area contributed by atoms with Crippen LogP contribution in [0.5, 0.6) is 0 Å². The van der Waals surface area contributed by atoms with E-state index in [0.717, 1.165) is 6.54 Å². The van der Waals surface area contributed by atoms with Crippen molar-refractivity contribution in [1.82, 2.24) is 10.2 Å². The first kappa shape index (κ1) is 20.6. The maximum atomic E-state index is 13.2. The van der Waals surface area contributed by atoms with Crippen molar-refractivity contribution in [3.8, 4) is 0 Å². The summed E-state index contributed by atoms with van der Waals surface area (Å²) in [5.74, 6) is 0.242. The van der Waals surface area contributed by atoms with Crippen LogP contribution >= 0.6 is 0 Å². The minimum Gasteiger partial charge on any atom is -0.480 e. The van der Waals surface area contributed by atoms with Gasteiger partial charge in [-0.05, 0) is 43.4 Å². The molecule has 4 saturated heterocycles. The summed E-state index contributed by atoms with van der Waals surface area (Å²) in [6, 6.07) is 9.00. The van der Waals surface area contributed by atoms with Crippen molar-refractivity contribution < 1.29 is 24.2 Å². The highest BCUT2D eigenvalue weighted by molar-refractivity contribution is 5.99. The van der Waals surface area contributed by atoms with Crippen molar-refractivity contribution in [2.75, 3.05) is 24.6 Å². The summed E-state index contributed by atoms with van der Waals surface area (Å²) in [6.07, 6.45) is 6.20. The van der Waals surface area contributed by atoms with E-state index in [9.17, 15) is 14.4 Å². The minimum absolute atomic E-state index is 0.104. The summed E-state index contributed by atoms with van der Waals surface area (Å²) in [6.45, 7) is 2.97. The molecule has 6 aliphatic heterocycles. The van der Waals surface area contributed by atoms with Gasteiger partial charge in [0.15, 0.2) is 0 Å². The lowest BCUT2D eigenvalue weighted by atomic mass is 9.53. The molecular weight excluding hydrogens is 434 g/mol. The molecule has 178 valence electrons. The van der Waals surface area contributed by atoms with Crippen LogP contribution in [0.25, 0.3) is 0 Å². The number of carbonyl (C=O) groups excluding carboxylic acids is 2. The number of nitrogens with zero attached hydrogens (tertiary/aromatic N) is 2. The molecular formula is C26H29N3O5. The van der Waals surface area contributed by atoms with Crippen molar-refractivity contribution in [2.24, 2.45) is 11.8 Å². The molecule has 1 aromatic rings. The Hall–Kier alpha value is -2.71. The summed E-state index contributed by atoms with van der Waals surface area (Å²) >= 11 is 0. The van der Waals surface area contributed by atoms with Crippen LogP contribution in [0.2, 0.25) is 0 Å². The van der Waals surface area contributed by atoms with E-state index < -0.39 is 12.0 Å². The Morgan fingerprint density at radius 1 is 1.24 bits per heavy atom. The average Bonchev–Trinajstić information content (AvgIpc) is 3.48. The highest BCUT2D eigenvalue weighted by Crippen LogP contribution is 2.65. The second-order valence-corrected chi connectivity index (χ2v) is 10.8. The largest absolute Gasteiger partial charge is 0.480 e. The number of aliphatic carboxylic acids is 1. The zero-order valence-corrected chi connectivity index (χ0v) is 19.0. The Bertz CT molecular complexity index is 1130. The number of carboxylic acids is 1. The molecule has 8 heteroatoms. The topological polar surface area (TPSA) is 99.2 Å². The first-order valence-electron chi connectivity index (χ1n) is 12.5. The Kier molecular flexibility index (Phi) is 4.34. The standard InChI is InChI=1S/C21H22N2O2.C5H7NO3/c24-18-10-16-19-13-9-17-21(6-7-22(17)11-12(13)5-8-25-16)14-3-1-2-4-15(14)23(18)20(19)21;7-4-2-1-3(6-4)5(8)9/h1-5,13,16-17,19-20H,6-11H2;3H,1-2H2,(H,6,7)(H,8,9)/t;3-/m.0/s1. The third-order valence-electron chi connectivity index (χ3n) is 9.51. The first-order valence-corrected chi connectivity index (χ1v) is 12.5. The number of benzene rings is 1. The number of fused-ring (bicyclic) bond motifs is 2. The van der Waals surface area contributed by atoms with E-state index >= 15 is 0 Å². The summed E-state index contributed by atoms with van der Waals surface area (Å²) in [5, 5.41) is 10.6. The van der Waals surface area contributed by atoms with Crippen molar-refractivity contribution in [3.63, 3.8) is 0 Å². The van der Waals surface area contributed by atoms with Gasteiger partial charge in [0.25, 0.3) is 0 Å². The lowest BCUT2D eigenvalue weighted by Crippen LogP contribution is -2.69. The van der Waals surface area contributed by atoms with Gasteiger partial charge in [0.1, 0.15) is 6.04 Å². The zero-order chi connectivity index (χ0) is 23.2. The Labute approximate surface area is 197 Å². The fourth-order valence-electron chi connectivity index (χ4n) is 8.31. The number of rotatable bonds is 1. The number of nitrogens with one attached hydrogen (secondary N) is 1. The third kappa shape index (κ3) is 2.58. The van der Waals surface area contributed by atoms with E-state index in [0.29, 0.717) is 49.8 Å². The summed E-state index contributed by atoms with van der Waals surface area (Å²) < 4.78 is 6.25. The molecule has 1 aliphatic carbocycles. The molecule has 1 saturated carbocycles. The fraction of sp³-hybridized carbons (Fsp3) is 0.577. The van der Waals surface area contributed by atoms with Crippen LogP contribution in [-0.4, -0.2) is 71.7 Å². The lowest BCUT2D eigenvalue weighted by Gasteiger charge is -2.58. The summed E-state index contributed by atoms with van der Waals surface area (Å²) in [5.41, 5.74) is 4.35. The molecule has 2 amide bonds. The molecule has 8 nitrogen and oxygen atoms in total. The van der Waals surface area contributed by atoms with Crippen LogP contribution in [-0.2, 0) is 24.5 Å². The van der Waals surface area contributed by atoms with Gasteiger partial charge in [-0.1, -0.05) is 29.8 Å². The van der Waals surface area contributed by atoms with Crippen LogP contribution in [0.15, 0.2) is 35.9 Å². The highest BCUT2D eigenvalue weighted by Gasteiger charge is 2.70. The van der Waals surface area contributed by atoms with Crippen LogP contribution in [0, 0.1) is 11.8 Å². The maximum Gasteiger partial charge on any atom is 0.326 e. The summed E-state index contributed by atoms with van der Waals surface area (Å²) in [7, 11) is 0. The Morgan fingerprint density at radius 3 is 2.85 bits per heavy atom. The van der Waals surface area contributed by atoms with E-state index in [-0.39, 0.29) is 23.3 Å². The van der Waals surface area contributed by atoms with E-state index in [4.69, 9.17) is 9.84 Å². The van der Waals surface area contributed by atoms with Crippen LogP contribution in [0.1, 0.15) is 37.7 Å². The second-order valence-electron chi connectivity index (χ2n) is 10.8. The molecule has 2 bridgehead atoms. The molecule has 0 radical (unpaired) electrons. The number of hydrogen-bond acceptors (Lipinski definition) is 5. The number of amides is 2. The van der Waals surface area contributed by atoms with Crippen LogP contribution in [0.3, 0.4) is 0 Å². The van der Waals surface area contributed by atoms with E-state index in [1.807, 2.05) is 0 Å². The number of hydrogen-bond donors (Lipinski definition) is 2. The molecule has 34 heavy (non-hydrogen) atoms. The zero-order valence-electron chi connectivity index (χ0n) is 19.0. The van der Waals surface area contributed by atoms with Crippen LogP contribution in [0.4, 0.5) is 5.69 Å². The molecule has 5 fully saturated rings.